The van der Waals surface area contributed by atoms with E-state index in [2.05, 4.69) is 33.9 Å². The van der Waals surface area contributed by atoms with Gasteiger partial charge in [0.2, 0.25) is 5.91 Å². The topological polar surface area (TPSA) is 85.8 Å². The molecule has 6 nitrogen and oxygen atoms in total. The number of rotatable bonds is 5. The first-order valence-corrected chi connectivity index (χ1v) is 9.13. The van der Waals surface area contributed by atoms with Crippen molar-refractivity contribution in [3.63, 3.8) is 0 Å². The number of nitrogens with one attached hydrogen (secondary N) is 1. The van der Waals surface area contributed by atoms with Gasteiger partial charge in [-0.3, -0.25) is 4.79 Å². The quantitative estimate of drug-likeness (QED) is 0.875. The molecule has 25 heavy (non-hydrogen) atoms. The monoisotopic (exact) mass is 341 g/mol. The molecule has 0 spiro atoms. The summed E-state index contributed by atoms with van der Waals surface area (Å²) in [4.78, 5) is 12.3. The normalized spacial score (nSPS) is 15.5. The van der Waals surface area contributed by atoms with Crippen LogP contribution in [0.1, 0.15) is 45.4 Å². The van der Waals surface area contributed by atoms with Gasteiger partial charge < -0.3 is 15.6 Å². The molecule has 1 aromatic carbocycles. The number of aromatic nitrogens is 3. The third kappa shape index (κ3) is 4.25. The number of hydrogen-bond donors (Lipinski definition) is 2. The van der Waals surface area contributed by atoms with Crippen molar-refractivity contribution in [2.24, 2.45) is 11.7 Å². The first kappa shape index (κ1) is 17.6. The number of fused-ring (bicyclic) bond motifs is 1. The Kier molecular flexibility index (Phi) is 5.48. The Morgan fingerprint density at radius 3 is 2.92 bits per heavy atom. The van der Waals surface area contributed by atoms with Gasteiger partial charge >= 0.3 is 0 Å². The zero-order valence-corrected chi connectivity index (χ0v) is 15.0. The molecule has 2 heterocycles. The maximum absolute atomic E-state index is 12.3. The zero-order valence-electron chi connectivity index (χ0n) is 15.0. The van der Waals surface area contributed by atoms with Crippen LogP contribution < -0.4 is 11.1 Å². The predicted octanol–water partition coefficient (Wildman–Crippen LogP) is 2.98. The fourth-order valence-electron chi connectivity index (χ4n) is 3.28. The summed E-state index contributed by atoms with van der Waals surface area (Å²) in [6, 6.07) is 7.27. The summed E-state index contributed by atoms with van der Waals surface area (Å²) in [5.74, 6) is 2.17. The van der Waals surface area contributed by atoms with E-state index in [0.29, 0.717) is 12.3 Å². The van der Waals surface area contributed by atoms with Gasteiger partial charge in [-0.25, -0.2) is 0 Å². The molecule has 1 atom stereocenters. The zero-order chi connectivity index (χ0) is 17.8. The maximum Gasteiger partial charge on any atom is 0.241 e. The lowest BCUT2D eigenvalue weighted by molar-refractivity contribution is -0.117. The van der Waals surface area contributed by atoms with Crippen LogP contribution in [-0.2, 0) is 17.8 Å². The number of benzene rings is 1. The van der Waals surface area contributed by atoms with Crippen LogP contribution in [0, 0.1) is 5.92 Å². The van der Waals surface area contributed by atoms with Crippen molar-refractivity contribution in [1.82, 2.24) is 14.8 Å². The Bertz CT molecular complexity index is 737. The third-order valence-electron chi connectivity index (χ3n) is 4.56. The molecule has 6 heteroatoms. The van der Waals surface area contributed by atoms with E-state index in [9.17, 15) is 4.79 Å². The molecule has 1 aliphatic rings. The number of carbonyl (C=O) groups excluding carboxylic acids is 1. The highest BCUT2D eigenvalue weighted by Crippen LogP contribution is 2.25. The SMILES string of the molecule is CC(C)C[C@H](N)C(=O)Nc1cccc(-c2nnc3n2CCCCC3)c1. The molecule has 0 radical (unpaired) electrons. The van der Waals surface area contributed by atoms with Crippen molar-refractivity contribution in [2.45, 2.75) is 58.5 Å². The van der Waals surface area contributed by atoms with Gasteiger partial charge in [0.15, 0.2) is 5.82 Å². The van der Waals surface area contributed by atoms with E-state index < -0.39 is 6.04 Å². The first-order chi connectivity index (χ1) is 12.0. The summed E-state index contributed by atoms with van der Waals surface area (Å²) in [7, 11) is 0. The second-order valence-corrected chi connectivity index (χ2v) is 7.21. The van der Waals surface area contributed by atoms with E-state index in [4.69, 9.17) is 5.73 Å². The van der Waals surface area contributed by atoms with Gasteiger partial charge in [-0.05, 0) is 37.3 Å². The van der Waals surface area contributed by atoms with Gasteiger partial charge in [0.05, 0.1) is 6.04 Å². The molecule has 3 rings (SSSR count). The minimum atomic E-state index is -0.493. The number of hydrogen-bond acceptors (Lipinski definition) is 4. The molecule has 3 N–H and O–H groups in total. The van der Waals surface area contributed by atoms with E-state index in [1.54, 1.807) is 0 Å². The lowest BCUT2D eigenvalue weighted by Gasteiger charge is -2.14. The van der Waals surface area contributed by atoms with Crippen LogP contribution in [0.5, 0.6) is 0 Å². The highest BCUT2D eigenvalue weighted by molar-refractivity contribution is 5.95. The predicted molar refractivity (Wildman–Crippen MR) is 99.1 cm³/mol. The second-order valence-electron chi connectivity index (χ2n) is 7.21. The Labute approximate surface area is 148 Å². The van der Waals surface area contributed by atoms with Gasteiger partial charge in [-0.1, -0.05) is 32.4 Å². The minimum Gasteiger partial charge on any atom is -0.325 e. The lowest BCUT2D eigenvalue weighted by Crippen LogP contribution is -2.36. The van der Waals surface area contributed by atoms with E-state index in [1.165, 1.54) is 12.8 Å². The maximum atomic E-state index is 12.3. The molecular weight excluding hydrogens is 314 g/mol. The molecule has 1 aliphatic heterocycles. The minimum absolute atomic E-state index is 0.147. The Morgan fingerprint density at radius 1 is 1.28 bits per heavy atom. The molecule has 1 aromatic heterocycles. The van der Waals surface area contributed by atoms with Crippen LogP contribution in [0.4, 0.5) is 5.69 Å². The van der Waals surface area contributed by atoms with Gasteiger partial charge in [0.1, 0.15) is 5.82 Å². The lowest BCUT2D eigenvalue weighted by atomic mass is 10.0. The summed E-state index contributed by atoms with van der Waals surface area (Å²) in [6.07, 6.45) is 5.20. The molecule has 0 saturated carbocycles. The highest BCUT2D eigenvalue weighted by atomic mass is 16.2. The first-order valence-electron chi connectivity index (χ1n) is 9.13. The van der Waals surface area contributed by atoms with E-state index in [1.807, 2.05) is 24.3 Å². The molecule has 1 amide bonds. The molecule has 134 valence electrons. The summed E-state index contributed by atoms with van der Waals surface area (Å²) in [5, 5.41) is 11.7. The van der Waals surface area contributed by atoms with Crippen LogP contribution in [0.25, 0.3) is 11.4 Å². The summed E-state index contributed by atoms with van der Waals surface area (Å²) in [5.41, 5.74) is 7.68. The van der Waals surface area contributed by atoms with Crippen molar-refractivity contribution in [1.29, 1.82) is 0 Å². The van der Waals surface area contributed by atoms with Gasteiger partial charge in [-0.15, -0.1) is 10.2 Å². The number of aryl methyl sites for hydroxylation is 1. The molecule has 0 aliphatic carbocycles. The standard InChI is InChI=1S/C19H27N5O/c1-13(2)11-16(20)19(25)21-15-8-6-7-14(12-15)18-23-22-17-9-4-3-5-10-24(17)18/h6-8,12-13,16H,3-5,9-11,20H2,1-2H3,(H,21,25)/t16-/m0/s1. The van der Waals surface area contributed by atoms with Gasteiger partial charge in [0.25, 0.3) is 0 Å². The van der Waals surface area contributed by atoms with Gasteiger partial charge in [0, 0.05) is 24.2 Å². The summed E-state index contributed by atoms with van der Waals surface area (Å²) >= 11 is 0. The highest BCUT2D eigenvalue weighted by Gasteiger charge is 2.18. The van der Waals surface area contributed by atoms with Crippen molar-refractivity contribution in [2.75, 3.05) is 5.32 Å². The molecule has 0 fully saturated rings. The molecule has 0 bridgehead atoms. The van der Waals surface area contributed by atoms with Crippen molar-refractivity contribution in [3.05, 3.63) is 30.1 Å². The van der Waals surface area contributed by atoms with Crippen LogP contribution in [0.15, 0.2) is 24.3 Å². The molecule has 2 aromatic rings. The van der Waals surface area contributed by atoms with Gasteiger partial charge in [-0.2, -0.15) is 0 Å². The Hall–Kier alpha value is -2.21. The Balaban J connectivity index is 1.78. The number of amides is 1. The van der Waals surface area contributed by atoms with Crippen LogP contribution in [0.3, 0.4) is 0 Å². The number of nitrogens with two attached hydrogens (primary N) is 1. The smallest absolute Gasteiger partial charge is 0.241 e. The number of anilines is 1. The van der Waals surface area contributed by atoms with E-state index in [-0.39, 0.29) is 5.91 Å². The molecule has 0 unspecified atom stereocenters. The summed E-state index contributed by atoms with van der Waals surface area (Å²) < 4.78 is 2.21. The van der Waals surface area contributed by atoms with Crippen LogP contribution in [0.2, 0.25) is 0 Å². The van der Waals surface area contributed by atoms with E-state index >= 15 is 0 Å². The van der Waals surface area contributed by atoms with Crippen LogP contribution >= 0.6 is 0 Å². The second kappa shape index (κ2) is 7.78. The molecular formula is C19H27N5O. The average Bonchev–Trinajstić information content (AvgIpc) is 2.83. The molecule has 0 saturated heterocycles. The van der Waals surface area contributed by atoms with Crippen molar-refractivity contribution in [3.8, 4) is 11.4 Å². The van der Waals surface area contributed by atoms with Crippen LogP contribution in [-0.4, -0.2) is 26.7 Å². The van der Waals surface area contributed by atoms with Crippen molar-refractivity contribution >= 4 is 11.6 Å². The third-order valence-corrected chi connectivity index (χ3v) is 4.56. The summed E-state index contributed by atoms with van der Waals surface area (Å²) in [6.45, 7) is 5.07. The fraction of sp³-hybridized carbons (Fsp3) is 0.526. The van der Waals surface area contributed by atoms with E-state index in [0.717, 1.165) is 42.3 Å². The number of carbonyl (C=O) groups is 1. The largest absolute Gasteiger partial charge is 0.325 e. The average molecular weight is 341 g/mol. The Morgan fingerprint density at radius 2 is 2.12 bits per heavy atom. The van der Waals surface area contributed by atoms with Crippen molar-refractivity contribution < 1.29 is 4.79 Å². The number of nitrogens with zero attached hydrogens (tertiary/aromatic N) is 3. The fourth-order valence-corrected chi connectivity index (χ4v) is 3.28.